The lowest BCUT2D eigenvalue weighted by Crippen LogP contribution is -2.22. The van der Waals surface area contributed by atoms with Crippen LogP contribution in [0.3, 0.4) is 0 Å². The van der Waals surface area contributed by atoms with Crippen LogP contribution in [0.2, 0.25) is 5.02 Å². The highest BCUT2D eigenvalue weighted by molar-refractivity contribution is 7.99. The van der Waals surface area contributed by atoms with Crippen LogP contribution in [0.5, 0.6) is 0 Å². The van der Waals surface area contributed by atoms with Crippen LogP contribution in [-0.2, 0) is 11.2 Å². The van der Waals surface area contributed by atoms with E-state index in [9.17, 15) is 9.59 Å². The summed E-state index contributed by atoms with van der Waals surface area (Å²) in [4.78, 5) is 34.1. The molecule has 4 rings (SSSR count). The van der Waals surface area contributed by atoms with Gasteiger partial charge in [-0.25, -0.2) is 4.98 Å². The molecule has 5 nitrogen and oxygen atoms in total. The predicted octanol–water partition coefficient (Wildman–Crippen LogP) is 5.42. The van der Waals surface area contributed by atoms with E-state index < -0.39 is 0 Å². The molecule has 154 valence electrons. The molecule has 1 amide bonds. The number of rotatable bonds is 6. The Bertz CT molecular complexity index is 1260. The maximum Gasteiger partial charge on any atom is 0.254 e. The van der Waals surface area contributed by atoms with Crippen LogP contribution in [0.15, 0.2) is 99.6 Å². The fourth-order valence-electron chi connectivity index (χ4n) is 2.94. The number of anilines is 1. The summed E-state index contributed by atoms with van der Waals surface area (Å²) in [6.07, 6.45) is 1.36. The molecular formula is C24H18ClN3O2S. The number of carbonyl (C=O) groups excluding carboxylic acids is 1. The van der Waals surface area contributed by atoms with Gasteiger partial charge in [0.2, 0.25) is 5.91 Å². The fourth-order valence-corrected chi connectivity index (χ4v) is 3.99. The van der Waals surface area contributed by atoms with Crippen molar-refractivity contribution in [2.45, 2.75) is 16.2 Å². The summed E-state index contributed by atoms with van der Waals surface area (Å²) in [7, 11) is 0. The van der Waals surface area contributed by atoms with Crippen LogP contribution < -0.4 is 10.9 Å². The number of para-hydroxylation sites is 1. The minimum atomic E-state index is -0.345. The number of amides is 1. The molecule has 7 heteroatoms. The van der Waals surface area contributed by atoms with Gasteiger partial charge in [0, 0.05) is 32.1 Å². The van der Waals surface area contributed by atoms with E-state index in [1.807, 2.05) is 54.6 Å². The third kappa shape index (κ3) is 5.42. The van der Waals surface area contributed by atoms with Gasteiger partial charge in [0.05, 0.1) is 12.1 Å². The van der Waals surface area contributed by atoms with Gasteiger partial charge in [0.1, 0.15) is 5.82 Å². The molecule has 0 unspecified atom stereocenters. The van der Waals surface area contributed by atoms with Crippen molar-refractivity contribution >= 4 is 35.0 Å². The Morgan fingerprint density at radius 1 is 0.968 bits per heavy atom. The van der Waals surface area contributed by atoms with E-state index in [0.717, 1.165) is 15.4 Å². The normalized spacial score (nSPS) is 10.6. The van der Waals surface area contributed by atoms with Crippen LogP contribution in [0.1, 0.15) is 5.56 Å². The zero-order valence-electron chi connectivity index (χ0n) is 16.3. The number of carbonyl (C=O) groups is 1. The van der Waals surface area contributed by atoms with Gasteiger partial charge in [-0.3, -0.25) is 9.59 Å². The predicted molar refractivity (Wildman–Crippen MR) is 125 cm³/mol. The second-order valence-corrected chi connectivity index (χ2v) is 8.28. The van der Waals surface area contributed by atoms with Gasteiger partial charge >= 0.3 is 0 Å². The molecule has 0 aliphatic rings. The Labute approximate surface area is 188 Å². The van der Waals surface area contributed by atoms with E-state index in [4.69, 9.17) is 11.6 Å². The molecule has 0 radical (unpaired) electrons. The SMILES string of the molecule is O=C(Cc1cnc(-c2ccc(Cl)cc2)[nH]c1=O)Nc1ccccc1Sc1ccccc1. The lowest BCUT2D eigenvalue weighted by atomic mass is 10.2. The minimum Gasteiger partial charge on any atom is -0.325 e. The highest BCUT2D eigenvalue weighted by Crippen LogP contribution is 2.33. The number of nitrogens with zero attached hydrogens (tertiary/aromatic N) is 1. The van der Waals surface area contributed by atoms with Crippen LogP contribution in [0.25, 0.3) is 11.4 Å². The van der Waals surface area contributed by atoms with Gasteiger partial charge in [-0.1, -0.05) is 53.7 Å². The van der Waals surface area contributed by atoms with Crippen LogP contribution >= 0.6 is 23.4 Å². The molecular weight excluding hydrogens is 430 g/mol. The van der Waals surface area contributed by atoms with Crippen LogP contribution in [-0.4, -0.2) is 15.9 Å². The number of aromatic amines is 1. The van der Waals surface area contributed by atoms with Crippen molar-refractivity contribution in [2.24, 2.45) is 0 Å². The van der Waals surface area contributed by atoms with Crippen molar-refractivity contribution in [1.82, 2.24) is 9.97 Å². The highest BCUT2D eigenvalue weighted by Gasteiger charge is 2.12. The van der Waals surface area contributed by atoms with Crippen LogP contribution in [0.4, 0.5) is 5.69 Å². The molecule has 0 spiro atoms. The first-order chi connectivity index (χ1) is 15.1. The van der Waals surface area contributed by atoms with Gasteiger partial charge in [0.15, 0.2) is 0 Å². The molecule has 0 saturated carbocycles. The van der Waals surface area contributed by atoms with Crippen molar-refractivity contribution in [3.8, 4) is 11.4 Å². The number of hydrogen-bond donors (Lipinski definition) is 2. The van der Waals surface area contributed by atoms with E-state index in [2.05, 4.69) is 15.3 Å². The Morgan fingerprint density at radius 2 is 1.68 bits per heavy atom. The second kappa shape index (κ2) is 9.64. The minimum absolute atomic E-state index is 0.0758. The molecule has 3 aromatic carbocycles. The third-order valence-electron chi connectivity index (χ3n) is 4.47. The Kier molecular flexibility index (Phi) is 6.50. The third-order valence-corrected chi connectivity index (χ3v) is 5.81. The number of aromatic nitrogens is 2. The summed E-state index contributed by atoms with van der Waals surface area (Å²) in [5.41, 5.74) is 1.39. The molecule has 31 heavy (non-hydrogen) atoms. The standard InChI is InChI=1S/C24H18ClN3O2S/c25-18-12-10-16(11-13-18)23-26-15-17(24(30)28-23)14-22(29)27-20-8-4-5-9-21(20)31-19-6-2-1-3-7-19/h1-13,15H,14H2,(H,27,29)(H,26,28,30). The first-order valence-electron chi connectivity index (χ1n) is 9.54. The van der Waals surface area contributed by atoms with E-state index >= 15 is 0 Å². The smallest absolute Gasteiger partial charge is 0.254 e. The zero-order chi connectivity index (χ0) is 21.6. The average Bonchev–Trinajstić information content (AvgIpc) is 2.78. The molecule has 0 aliphatic heterocycles. The van der Waals surface area contributed by atoms with Crippen molar-refractivity contribution < 1.29 is 4.79 Å². The van der Waals surface area contributed by atoms with Gasteiger partial charge < -0.3 is 10.3 Å². The summed E-state index contributed by atoms with van der Waals surface area (Å²) in [5.74, 6) is 0.142. The Balaban J connectivity index is 1.47. The molecule has 0 bridgehead atoms. The topological polar surface area (TPSA) is 74.8 Å². The molecule has 1 heterocycles. The van der Waals surface area contributed by atoms with Crippen molar-refractivity contribution in [3.05, 3.63) is 106 Å². The van der Waals surface area contributed by atoms with Gasteiger partial charge in [-0.15, -0.1) is 0 Å². The number of nitrogens with one attached hydrogen (secondary N) is 2. The van der Waals surface area contributed by atoms with Gasteiger partial charge in [-0.2, -0.15) is 0 Å². The van der Waals surface area contributed by atoms with Crippen molar-refractivity contribution in [3.63, 3.8) is 0 Å². The molecule has 0 fully saturated rings. The Hall–Kier alpha value is -3.35. The largest absolute Gasteiger partial charge is 0.325 e. The molecule has 0 saturated heterocycles. The quantitative estimate of drug-likeness (QED) is 0.413. The summed E-state index contributed by atoms with van der Waals surface area (Å²) in [5, 5.41) is 3.51. The average molecular weight is 448 g/mol. The number of hydrogen-bond acceptors (Lipinski definition) is 4. The monoisotopic (exact) mass is 447 g/mol. The summed E-state index contributed by atoms with van der Waals surface area (Å²) < 4.78 is 0. The van der Waals surface area contributed by atoms with Crippen molar-refractivity contribution in [2.75, 3.05) is 5.32 Å². The number of benzene rings is 3. The van der Waals surface area contributed by atoms with Crippen molar-refractivity contribution in [1.29, 1.82) is 0 Å². The van der Waals surface area contributed by atoms with E-state index in [0.29, 0.717) is 22.1 Å². The van der Waals surface area contributed by atoms with E-state index in [1.54, 1.807) is 36.0 Å². The summed E-state index contributed by atoms with van der Waals surface area (Å²) >= 11 is 7.46. The van der Waals surface area contributed by atoms with Gasteiger partial charge in [-0.05, 0) is 48.5 Å². The maximum atomic E-state index is 12.6. The molecule has 0 atom stereocenters. The molecule has 0 aliphatic carbocycles. The first-order valence-corrected chi connectivity index (χ1v) is 10.7. The van der Waals surface area contributed by atoms with E-state index in [-0.39, 0.29) is 17.9 Å². The van der Waals surface area contributed by atoms with E-state index in [1.165, 1.54) is 6.20 Å². The van der Waals surface area contributed by atoms with Gasteiger partial charge in [0.25, 0.3) is 5.56 Å². The lowest BCUT2D eigenvalue weighted by Gasteiger charge is -2.11. The number of halogens is 1. The zero-order valence-corrected chi connectivity index (χ0v) is 17.9. The first kappa shape index (κ1) is 20.9. The highest BCUT2D eigenvalue weighted by atomic mass is 35.5. The Morgan fingerprint density at radius 3 is 2.42 bits per heavy atom. The number of H-pyrrole nitrogens is 1. The lowest BCUT2D eigenvalue weighted by molar-refractivity contribution is -0.115. The summed E-state index contributed by atoms with van der Waals surface area (Å²) in [6.45, 7) is 0. The maximum absolute atomic E-state index is 12.6. The second-order valence-electron chi connectivity index (χ2n) is 6.73. The summed E-state index contributed by atoms with van der Waals surface area (Å²) in [6, 6.07) is 24.5. The molecule has 1 aromatic heterocycles. The molecule has 2 N–H and O–H groups in total. The molecule has 4 aromatic rings. The van der Waals surface area contributed by atoms with Crippen LogP contribution in [0, 0.1) is 0 Å². The fraction of sp³-hybridized carbons (Fsp3) is 0.0417.